The largest absolute Gasteiger partial charge is 0.480 e. The van der Waals surface area contributed by atoms with Crippen molar-refractivity contribution in [3.63, 3.8) is 0 Å². The number of nitrogens with two attached hydrogens (primary N) is 1. The van der Waals surface area contributed by atoms with Crippen molar-refractivity contribution in [2.24, 2.45) is 11.7 Å². The third-order valence-electron chi connectivity index (χ3n) is 3.27. The molecule has 0 aromatic carbocycles. The van der Waals surface area contributed by atoms with Crippen LogP contribution in [0.15, 0.2) is 0 Å². The van der Waals surface area contributed by atoms with Gasteiger partial charge in [0.05, 0.1) is 6.04 Å². The molecule has 0 aromatic heterocycles. The zero-order valence-electron chi connectivity index (χ0n) is 14.4. The number of amides is 3. The lowest BCUT2D eigenvalue weighted by molar-refractivity contribution is -0.141. The molecule has 0 radical (unpaired) electrons. The summed E-state index contributed by atoms with van der Waals surface area (Å²) >= 11 is 7.89. The van der Waals surface area contributed by atoms with Gasteiger partial charge < -0.3 is 26.8 Å². The SMILES string of the molecule is CC(N)C(=O)NC(CS)C(=O)NC(C(=O)NC(CS)C(=O)O)C(C)C. The number of thiol groups is 2. The molecule has 0 aromatic rings. The lowest BCUT2D eigenvalue weighted by atomic mass is 10.0. The van der Waals surface area contributed by atoms with Gasteiger partial charge in [0.15, 0.2) is 0 Å². The fraction of sp³-hybridized carbons (Fsp3) is 0.714. The van der Waals surface area contributed by atoms with Crippen molar-refractivity contribution < 1.29 is 24.3 Å². The van der Waals surface area contributed by atoms with Crippen molar-refractivity contribution in [2.45, 2.75) is 44.9 Å². The maximum atomic E-state index is 12.3. The van der Waals surface area contributed by atoms with E-state index in [9.17, 15) is 19.2 Å². The van der Waals surface area contributed by atoms with Crippen LogP contribution in [0.1, 0.15) is 20.8 Å². The summed E-state index contributed by atoms with van der Waals surface area (Å²) in [5, 5.41) is 16.2. The Morgan fingerprint density at radius 1 is 0.880 bits per heavy atom. The number of aliphatic carboxylic acids is 1. The van der Waals surface area contributed by atoms with Crippen LogP contribution in [-0.2, 0) is 19.2 Å². The molecule has 25 heavy (non-hydrogen) atoms. The van der Waals surface area contributed by atoms with E-state index in [0.29, 0.717) is 0 Å². The minimum atomic E-state index is -1.23. The molecule has 0 heterocycles. The lowest BCUT2D eigenvalue weighted by Crippen LogP contribution is -2.58. The highest BCUT2D eigenvalue weighted by molar-refractivity contribution is 7.80. The lowest BCUT2D eigenvalue weighted by Gasteiger charge is -2.26. The fourth-order valence-corrected chi connectivity index (χ4v) is 2.24. The third-order valence-corrected chi connectivity index (χ3v) is 4.00. The molecule has 0 aliphatic carbocycles. The zero-order chi connectivity index (χ0) is 19.7. The van der Waals surface area contributed by atoms with Gasteiger partial charge in [-0.3, -0.25) is 14.4 Å². The van der Waals surface area contributed by atoms with Gasteiger partial charge >= 0.3 is 5.97 Å². The second-order valence-corrected chi connectivity index (χ2v) is 6.57. The summed E-state index contributed by atoms with van der Waals surface area (Å²) < 4.78 is 0. The first-order chi connectivity index (χ1) is 11.5. The number of carboxylic acid groups (broad SMARTS) is 1. The van der Waals surface area contributed by atoms with Gasteiger partial charge in [-0.05, 0) is 12.8 Å². The molecule has 144 valence electrons. The van der Waals surface area contributed by atoms with Gasteiger partial charge in [-0.25, -0.2) is 4.79 Å². The summed E-state index contributed by atoms with van der Waals surface area (Å²) in [6.45, 7) is 4.85. The summed E-state index contributed by atoms with van der Waals surface area (Å²) in [6.07, 6.45) is 0. The molecule has 0 aliphatic heterocycles. The third kappa shape index (κ3) is 7.97. The van der Waals surface area contributed by atoms with Gasteiger partial charge in [0.2, 0.25) is 17.7 Å². The number of hydrogen-bond acceptors (Lipinski definition) is 7. The average Bonchev–Trinajstić information content (AvgIpc) is 2.53. The van der Waals surface area contributed by atoms with Crippen LogP contribution in [0.4, 0.5) is 0 Å². The van der Waals surface area contributed by atoms with Crippen LogP contribution < -0.4 is 21.7 Å². The van der Waals surface area contributed by atoms with E-state index in [0.717, 1.165) is 0 Å². The highest BCUT2D eigenvalue weighted by atomic mass is 32.1. The van der Waals surface area contributed by atoms with Gasteiger partial charge in [-0.1, -0.05) is 13.8 Å². The van der Waals surface area contributed by atoms with Crippen LogP contribution in [0.3, 0.4) is 0 Å². The van der Waals surface area contributed by atoms with Gasteiger partial charge in [-0.15, -0.1) is 0 Å². The Hall–Kier alpha value is -1.46. The highest BCUT2D eigenvalue weighted by Crippen LogP contribution is 2.04. The minimum Gasteiger partial charge on any atom is -0.480 e. The predicted molar refractivity (Wildman–Crippen MR) is 99.6 cm³/mol. The smallest absolute Gasteiger partial charge is 0.327 e. The zero-order valence-corrected chi connectivity index (χ0v) is 16.1. The van der Waals surface area contributed by atoms with E-state index in [2.05, 4.69) is 41.2 Å². The Bertz CT molecular complexity index is 502. The van der Waals surface area contributed by atoms with Gasteiger partial charge in [0.25, 0.3) is 0 Å². The van der Waals surface area contributed by atoms with Crippen molar-refractivity contribution >= 4 is 48.9 Å². The molecule has 0 saturated carbocycles. The number of rotatable bonds is 10. The Morgan fingerprint density at radius 3 is 1.72 bits per heavy atom. The van der Waals surface area contributed by atoms with E-state index in [1.807, 2.05) is 0 Å². The molecule has 4 atom stereocenters. The highest BCUT2D eigenvalue weighted by Gasteiger charge is 2.30. The first kappa shape index (κ1) is 23.5. The summed E-state index contributed by atoms with van der Waals surface area (Å²) in [7, 11) is 0. The number of hydrogen-bond donors (Lipinski definition) is 7. The van der Waals surface area contributed by atoms with Crippen molar-refractivity contribution in [1.29, 1.82) is 0 Å². The first-order valence-corrected chi connectivity index (χ1v) is 8.92. The normalized spacial score (nSPS) is 15.6. The molecule has 0 fully saturated rings. The van der Waals surface area contributed by atoms with Crippen LogP contribution in [-0.4, -0.2) is 64.5 Å². The quantitative estimate of drug-likeness (QED) is 0.222. The fourth-order valence-electron chi connectivity index (χ4n) is 1.73. The molecular weight excluding hydrogens is 368 g/mol. The van der Waals surface area contributed by atoms with Crippen LogP contribution >= 0.6 is 25.3 Å². The molecule has 3 amide bonds. The Kier molecular flexibility index (Phi) is 10.6. The van der Waals surface area contributed by atoms with Crippen LogP contribution in [0, 0.1) is 5.92 Å². The summed E-state index contributed by atoms with van der Waals surface area (Å²) in [6, 6.07) is -3.93. The maximum absolute atomic E-state index is 12.3. The van der Waals surface area contributed by atoms with E-state index in [4.69, 9.17) is 10.8 Å². The summed E-state index contributed by atoms with van der Waals surface area (Å²) in [5.74, 6) is -3.43. The number of carboxylic acids is 1. The topological polar surface area (TPSA) is 151 Å². The minimum absolute atomic E-state index is 0.00508. The summed E-state index contributed by atoms with van der Waals surface area (Å²) in [5.41, 5.74) is 5.44. The molecule has 11 heteroatoms. The molecule has 9 nitrogen and oxygen atoms in total. The van der Waals surface area contributed by atoms with Crippen molar-refractivity contribution in [1.82, 2.24) is 16.0 Å². The van der Waals surface area contributed by atoms with Gasteiger partial charge in [0, 0.05) is 11.5 Å². The maximum Gasteiger partial charge on any atom is 0.327 e. The van der Waals surface area contributed by atoms with E-state index in [1.54, 1.807) is 13.8 Å². The van der Waals surface area contributed by atoms with Crippen LogP contribution in [0.2, 0.25) is 0 Å². The second kappa shape index (κ2) is 11.2. The predicted octanol–water partition coefficient (Wildman–Crippen LogP) is -1.61. The van der Waals surface area contributed by atoms with Crippen molar-refractivity contribution in [3.8, 4) is 0 Å². The van der Waals surface area contributed by atoms with Crippen LogP contribution in [0.25, 0.3) is 0 Å². The molecule has 0 spiro atoms. The average molecular weight is 395 g/mol. The van der Waals surface area contributed by atoms with E-state index in [-0.39, 0.29) is 17.4 Å². The van der Waals surface area contributed by atoms with E-state index in [1.165, 1.54) is 6.92 Å². The number of carbonyl (C=O) groups is 4. The number of carbonyl (C=O) groups excluding carboxylic acids is 3. The molecular formula is C14H26N4O5S2. The molecule has 0 rings (SSSR count). The summed E-state index contributed by atoms with van der Waals surface area (Å²) in [4.78, 5) is 47.2. The van der Waals surface area contributed by atoms with Crippen molar-refractivity contribution in [3.05, 3.63) is 0 Å². The Morgan fingerprint density at radius 2 is 1.36 bits per heavy atom. The second-order valence-electron chi connectivity index (χ2n) is 5.84. The Balaban J connectivity index is 5.04. The molecule has 0 aliphatic rings. The first-order valence-electron chi connectivity index (χ1n) is 7.66. The van der Waals surface area contributed by atoms with E-state index < -0.39 is 47.9 Å². The van der Waals surface area contributed by atoms with Gasteiger partial charge in [-0.2, -0.15) is 25.3 Å². The Labute approximate surface area is 157 Å². The van der Waals surface area contributed by atoms with Gasteiger partial charge in [0.1, 0.15) is 18.1 Å². The molecule has 0 saturated heterocycles. The number of nitrogens with one attached hydrogen (secondary N) is 3. The standard InChI is InChI=1S/C14H26N4O5S2/c1-6(2)10(13(21)17-9(5-25)14(22)23)18-12(20)8(4-24)16-11(19)7(3)15/h6-10,24-25H,4-5,15H2,1-3H3,(H,16,19)(H,17,21)(H,18,20)(H,22,23). The van der Waals surface area contributed by atoms with Crippen molar-refractivity contribution in [2.75, 3.05) is 11.5 Å². The molecule has 4 unspecified atom stereocenters. The van der Waals surface area contributed by atoms with Crippen LogP contribution in [0.5, 0.6) is 0 Å². The molecule has 0 bridgehead atoms. The van der Waals surface area contributed by atoms with E-state index >= 15 is 0 Å². The molecule has 6 N–H and O–H groups in total. The monoisotopic (exact) mass is 394 g/mol.